The summed E-state index contributed by atoms with van der Waals surface area (Å²) in [7, 11) is 0. The molecule has 1 aliphatic heterocycles. The number of aromatic nitrogens is 2. The summed E-state index contributed by atoms with van der Waals surface area (Å²) in [6.07, 6.45) is 3.82. The van der Waals surface area contributed by atoms with E-state index in [0.29, 0.717) is 0 Å². The number of rotatable bonds is 1. The summed E-state index contributed by atoms with van der Waals surface area (Å²) in [5.41, 5.74) is 4.44. The van der Waals surface area contributed by atoms with Crippen LogP contribution >= 0.6 is 0 Å². The minimum atomic E-state index is -0.439. The van der Waals surface area contributed by atoms with Gasteiger partial charge in [0.05, 0.1) is 23.1 Å². The van der Waals surface area contributed by atoms with Crippen LogP contribution < -0.4 is 0 Å². The predicted octanol–water partition coefficient (Wildman–Crippen LogP) is 4.69. The first-order valence-corrected chi connectivity index (χ1v) is 8.56. The lowest BCUT2D eigenvalue weighted by atomic mass is 9.65. The van der Waals surface area contributed by atoms with Crippen molar-refractivity contribution in [3.05, 3.63) is 70.9 Å². The molecule has 3 heterocycles. The molecule has 1 aromatic carbocycles. The van der Waals surface area contributed by atoms with Gasteiger partial charge >= 0.3 is 0 Å². The molecule has 0 saturated carbocycles. The minimum Gasteiger partial charge on any atom is -0.298 e. The van der Waals surface area contributed by atoms with E-state index in [4.69, 9.17) is 4.99 Å². The molecule has 0 unspecified atom stereocenters. The van der Waals surface area contributed by atoms with Gasteiger partial charge in [-0.15, -0.1) is 0 Å². The molecule has 0 atom stereocenters. The van der Waals surface area contributed by atoms with Crippen molar-refractivity contribution in [2.75, 3.05) is 0 Å². The number of imidazole rings is 1. The van der Waals surface area contributed by atoms with E-state index in [1.54, 1.807) is 6.07 Å². The molecule has 0 spiro atoms. The average molecular weight is 335 g/mol. The van der Waals surface area contributed by atoms with Crippen LogP contribution in [0.5, 0.6) is 0 Å². The van der Waals surface area contributed by atoms with Gasteiger partial charge in [0.25, 0.3) is 0 Å². The Morgan fingerprint density at radius 3 is 2.56 bits per heavy atom. The van der Waals surface area contributed by atoms with Crippen molar-refractivity contribution < 1.29 is 4.39 Å². The lowest BCUT2D eigenvalue weighted by molar-refractivity contribution is 0.293. The molecule has 4 heteroatoms. The third-order valence-corrected chi connectivity index (χ3v) is 5.79. The SMILES string of the molecule is Cc1cccn2c(C3=NC(C)(C)C(C)(C)c4c(F)cccc43)cnc12. The first-order valence-electron chi connectivity index (χ1n) is 8.56. The lowest BCUT2D eigenvalue weighted by Crippen LogP contribution is -2.47. The Kier molecular flexibility index (Phi) is 3.21. The van der Waals surface area contributed by atoms with Gasteiger partial charge < -0.3 is 0 Å². The number of aryl methyl sites for hydroxylation is 1. The van der Waals surface area contributed by atoms with Crippen molar-refractivity contribution >= 4 is 11.4 Å². The van der Waals surface area contributed by atoms with Gasteiger partial charge in [0, 0.05) is 22.7 Å². The van der Waals surface area contributed by atoms with E-state index < -0.39 is 11.0 Å². The van der Waals surface area contributed by atoms with E-state index in [-0.39, 0.29) is 5.82 Å². The van der Waals surface area contributed by atoms with Crippen LogP contribution in [0.1, 0.15) is 50.1 Å². The third kappa shape index (κ3) is 2.10. The van der Waals surface area contributed by atoms with Gasteiger partial charge in [-0.25, -0.2) is 9.37 Å². The largest absolute Gasteiger partial charge is 0.298 e. The van der Waals surface area contributed by atoms with Crippen molar-refractivity contribution in [1.29, 1.82) is 0 Å². The number of pyridine rings is 1. The first-order chi connectivity index (χ1) is 11.7. The van der Waals surface area contributed by atoms with Crippen molar-refractivity contribution in [1.82, 2.24) is 9.38 Å². The fraction of sp³-hybridized carbons (Fsp3) is 0.333. The van der Waals surface area contributed by atoms with E-state index in [1.165, 1.54) is 6.07 Å². The van der Waals surface area contributed by atoms with E-state index in [1.807, 2.05) is 41.9 Å². The quantitative estimate of drug-likeness (QED) is 0.634. The Bertz CT molecular complexity index is 1020. The van der Waals surface area contributed by atoms with Crippen LogP contribution in [0.4, 0.5) is 4.39 Å². The van der Waals surface area contributed by atoms with E-state index in [0.717, 1.165) is 33.7 Å². The topological polar surface area (TPSA) is 29.7 Å². The zero-order valence-electron chi connectivity index (χ0n) is 15.3. The van der Waals surface area contributed by atoms with Gasteiger partial charge in [0.1, 0.15) is 11.5 Å². The zero-order valence-corrected chi connectivity index (χ0v) is 15.3. The number of fused-ring (bicyclic) bond motifs is 2. The molecule has 0 amide bonds. The van der Waals surface area contributed by atoms with Gasteiger partial charge in [0.15, 0.2) is 0 Å². The number of benzene rings is 1. The summed E-state index contributed by atoms with van der Waals surface area (Å²) in [6.45, 7) is 10.3. The Morgan fingerprint density at radius 1 is 1.04 bits per heavy atom. The fourth-order valence-electron chi connectivity index (χ4n) is 3.66. The van der Waals surface area contributed by atoms with E-state index >= 15 is 0 Å². The molecule has 3 aromatic rings. The summed E-state index contributed by atoms with van der Waals surface area (Å²) in [5, 5.41) is 0. The maximum Gasteiger partial charge on any atom is 0.140 e. The molecule has 128 valence electrons. The number of aliphatic imine (C=N–C) groups is 1. The minimum absolute atomic E-state index is 0.173. The molecule has 0 fully saturated rings. The van der Waals surface area contributed by atoms with Crippen LogP contribution in [0, 0.1) is 12.7 Å². The van der Waals surface area contributed by atoms with Crippen LogP contribution in [-0.2, 0) is 5.41 Å². The second kappa shape index (κ2) is 5.01. The predicted molar refractivity (Wildman–Crippen MR) is 99.1 cm³/mol. The average Bonchev–Trinajstić information content (AvgIpc) is 2.96. The molecule has 1 aliphatic rings. The molecule has 2 aromatic heterocycles. The standard InChI is InChI=1S/C21H22FN3/c1-13-8-7-11-25-16(12-23-19(13)25)18-14-9-6-10-15(22)17(14)20(2,3)21(4,5)24-18/h6-12H,1-5H3. The Balaban J connectivity index is 2.07. The van der Waals surface area contributed by atoms with Gasteiger partial charge in [-0.3, -0.25) is 9.39 Å². The monoisotopic (exact) mass is 335 g/mol. The van der Waals surface area contributed by atoms with Crippen LogP contribution in [0.2, 0.25) is 0 Å². The number of nitrogens with zero attached hydrogens (tertiary/aromatic N) is 3. The van der Waals surface area contributed by atoms with E-state index in [2.05, 4.69) is 32.7 Å². The second-order valence-electron chi connectivity index (χ2n) is 7.84. The number of hydrogen-bond donors (Lipinski definition) is 0. The third-order valence-electron chi connectivity index (χ3n) is 5.79. The highest BCUT2D eigenvalue weighted by Gasteiger charge is 2.45. The van der Waals surface area contributed by atoms with Gasteiger partial charge in [-0.2, -0.15) is 0 Å². The molecular weight excluding hydrogens is 313 g/mol. The Labute approximate surface area is 147 Å². The molecular formula is C21H22FN3. The first kappa shape index (κ1) is 16.0. The summed E-state index contributed by atoms with van der Waals surface area (Å²) >= 11 is 0. The number of hydrogen-bond acceptors (Lipinski definition) is 2. The molecule has 0 aliphatic carbocycles. The molecule has 4 rings (SSSR count). The normalized spacial score (nSPS) is 18.1. The summed E-state index contributed by atoms with van der Waals surface area (Å²) in [6, 6.07) is 9.29. The molecule has 0 saturated heterocycles. The van der Waals surface area contributed by atoms with Crippen molar-refractivity contribution in [3.63, 3.8) is 0 Å². The smallest absolute Gasteiger partial charge is 0.140 e. The molecule has 25 heavy (non-hydrogen) atoms. The van der Waals surface area contributed by atoms with E-state index in [9.17, 15) is 4.39 Å². The van der Waals surface area contributed by atoms with Crippen LogP contribution in [0.3, 0.4) is 0 Å². The molecule has 0 radical (unpaired) electrons. The highest BCUT2D eigenvalue weighted by molar-refractivity contribution is 6.14. The zero-order chi connectivity index (χ0) is 18.0. The lowest BCUT2D eigenvalue weighted by Gasteiger charge is -2.44. The summed E-state index contributed by atoms with van der Waals surface area (Å²) in [5.74, 6) is -0.173. The van der Waals surface area contributed by atoms with Crippen LogP contribution in [0.15, 0.2) is 47.7 Å². The van der Waals surface area contributed by atoms with Crippen molar-refractivity contribution in [2.24, 2.45) is 4.99 Å². The Morgan fingerprint density at radius 2 is 1.80 bits per heavy atom. The van der Waals surface area contributed by atoms with Gasteiger partial charge in [0.2, 0.25) is 0 Å². The van der Waals surface area contributed by atoms with Gasteiger partial charge in [-0.05, 0) is 38.5 Å². The molecule has 0 N–H and O–H groups in total. The number of halogens is 1. The van der Waals surface area contributed by atoms with Crippen LogP contribution in [0.25, 0.3) is 5.65 Å². The maximum absolute atomic E-state index is 14.8. The second-order valence-corrected chi connectivity index (χ2v) is 7.84. The van der Waals surface area contributed by atoms with Crippen molar-refractivity contribution in [3.8, 4) is 0 Å². The molecule has 3 nitrogen and oxygen atoms in total. The molecule has 0 bridgehead atoms. The van der Waals surface area contributed by atoms with Gasteiger partial charge in [-0.1, -0.05) is 32.0 Å². The fourth-order valence-corrected chi connectivity index (χ4v) is 3.66. The van der Waals surface area contributed by atoms with Crippen LogP contribution in [-0.4, -0.2) is 20.6 Å². The highest BCUT2D eigenvalue weighted by Crippen LogP contribution is 2.45. The van der Waals surface area contributed by atoms with Crippen molar-refractivity contribution in [2.45, 2.75) is 45.6 Å². The summed E-state index contributed by atoms with van der Waals surface area (Å²) in [4.78, 5) is 9.62. The Hall–Kier alpha value is -2.49. The maximum atomic E-state index is 14.8. The highest BCUT2D eigenvalue weighted by atomic mass is 19.1. The summed E-state index contributed by atoms with van der Waals surface area (Å²) < 4.78 is 16.9.